The first-order chi connectivity index (χ1) is 13.7. The van der Waals surface area contributed by atoms with Gasteiger partial charge in [-0.2, -0.15) is 13.2 Å². The van der Waals surface area contributed by atoms with Crippen LogP contribution in [-0.2, 0) is 6.18 Å². The lowest BCUT2D eigenvalue weighted by Gasteiger charge is -2.38. The van der Waals surface area contributed by atoms with E-state index in [1.165, 1.54) is 0 Å². The van der Waals surface area contributed by atoms with Crippen LogP contribution >= 0.6 is 0 Å². The van der Waals surface area contributed by atoms with Crippen molar-refractivity contribution >= 4 is 5.97 Å². The lowest BCUT2D eigenvalue weighted by atomic mass is 9.78. The Hall–Kier alpha value is -2.50. The van der Waals surface area contributed by atoms with Crippen LogP contribution in [0.15, 0.2) is 48.5 Å². The molecule has 0 aromatic heterocycles. The molecule has 1 aliphatic rings. The molecule has 0 N–H and O–H groups in total. The molecule has 1 aliphatic carbocycles. The van der Waals surface area contributed by atoms with Crippen LogP contribution in [-0.4, -0.2) is 11.6 Å². The average Bonchev–Trinajstić information content (AvgIpc) is 2.68. The number of esters is 1. The number of hydrogen-bond donors (Lipinski definition) is 0. The molecule has 3 rings (SSSR count). The first-order valence-electron chi connectivity index (χ1n) is 9.84. The van der Waals surface area contributed by atoms with Crippen LogP contribution in [0.25, 0.3) is 0 Å². The van der Waals surface area contributed by atoms with E-state index in [-0.39, 0.29) is 17.2 Å². The summed E-state index contributed by atoms with van der Waals surface area (Å²) in [4.78, 5) is 12.4. The molecule has 0 unspecified atom stereocenters. The summed E-state index contributed by atoms with van der Waals surface area (Å²) in [6, 6.07) is 11.5. The SMILES string of the molecule is CC(C)(Oc1cc(C(=O)Oc2ccccc2)ccc1C(F)(F)F)C1CCCCC1. The third-order valence-electron chi connectivity index (χ3n) is 5.44. The van der Waals surface area contributed by atoms with Crippen LogP contribution in [0.3, 0.4) is 0 Å². The second-order valence-corrected chi connectivity index (χ2v) is 7.95. The lowest BCUT2D eigenvalue weighted by Crippen LogP contribution is -2.39. The number of rotatable bonds is 5. The summed E-state index contributed by atoms with van der Waals surface area (Å²) in [5, 5.41) is 0. The van der Waals surface area contributed by atoms with Gasteiger partial charge in [-0.15, -0.1) is 0 Å². The van der Waals surface area contributed by atoms with E-state index >= 15 is 0 Å². The monoisotopic (exact) mass is 406 g/mol. The molecule has 0 heterocycles. The maximum absolute atomic E-state index is 13.5. The van der Waals surface area contributed by atoms with Gasteiger partial charge < -0.3 is 9.47 Å². The Morgan fingerprint density at radius 1 is 0.966 bits per heavy atom. The van der Waals surface area contributed by atoms with Crippen LogP contribution in [0, 0.1) is 5.92 Å². The zero-order chi connectivity index (χ0) is 21.1. The molecular formula is C23H25F3O3. The van der Waals surface area contributed by atoms with E-state index in [0.29, 0.717) is 5.75 Å². The van der Waals surface area contributed by atoms with Gasteiger partial charge in [0, 0.05) is 0 Å². The molecular weight excluding hydrogens is 381 g/mol. The largest absolute Gasteiger partial charge is 0.487 e. The van der Waals surface area contributed by atoms with Crippen LogP contribution in [0.2, 0.25) is 0 Å². The van der Waals surface area contributed by atoms with E-state index in [9.17, 15) is 18.0 Å². The van der Waals surface area contributed by atoms with Crippen molar-refractivity contribution in [1.29, 1.82) is 0 Å². The van der Waals surface area contributed by atoms with E-state index in [2.05, 4.69) is 0 Å². The number of ether oxygens (including phenoxy) is 2. The maximum atomic E-state index is 13.5. The molecule has 29 heavy (non-hydrogen) atoms. The van der Waals surface area contributed by atoms with Crippen molar-refractivity contribution in [2.24, 2.45) is 5.92 Å². The zero-order valence-corrected chi connectivity index (χ0v) is 16.6. The summed E-state index contributed by atoms with van der Waals surface area (Å²) in [5.74, 6) is -0.583. The first kappa shape index (κ1) is 21.2. The Kier molecular flexibility index (Phi) is 6.20. The minimum atomic E-state index is -4.58. The van der Waals surface area contributed by atoms with Crippen molar-refractivity contribution in [3.8, 4) is 11.5 Å². The molecule has 0 aliphatic heterocycles. The molecule has 156 valence electrons. The van der Waals surface area contributed by atoms with Crippen molar-refractivity contribution in [2.45, 2.75) is 57.7 Å². The van der Waals surface area contributed by atoms with Gasteiger partial charge >= 0.3 is 12.1 Å². The number of carbonyl (C=O) groups excluding carboxylic acids is 1. The Bertz CT molecular complexity index is 838. The van der Waals surface area contributed by atoms with Gasteiger partial charge in [-0.25, -0.2) is 4.79 Å². The summed E-state index contributed by atoms with van der Waals surface area (Å²) in [6.07, 6.45) is 0.495. The highest BCUT2D eigenvalue weighted by Crippen LogP contribution is 2.41. The van der Waals surface area contributed by atoms with Gasteiger partial charge in [0.2, 0.25) is 0 Å². The minimum absolute atomic E-state index is 0.0105. The van der Waals surface area contributed by atoms with E-state index in [1.807, 2.05) is 13.8 Å². The predicted molar refractivity (Wildman–Crippen MR) is 104 cm³/mol. The average molecular weight is 406 g/mol. The van der Waals surface area contributed by atoms with E-state index in [1.54, 1.807) is 30.3 Å². The van der Waals surface area contributed by atoms with Crippen LogP contribution in [0.5, 0.6) is 11.5 Å². The van der Waals surface area contributed by atoms with Crippen LogP contribution in [0.1, 0.15) is 61.9 Å². The molecule has 3 nitrogen and oxygen atoms in total. The van der Waals surface area contributed by atoms with Gasteiger partial charge in [0.25, 0.3) is 0 Å². The molecule has 0 bridgehead atoms. The number of alkyl halides is 3. The topological polar surface area (TPSA) is 35.5 Å². The highest BCUT2D eigenvalue weighted by molar-refractivity contribution is 5.91. The fraction of sp³-hybridized carbons (Fsp3) is 0.435. The predicted octanol–water partition coefficient (Wildman–Crippen LogP) is 6.66. The van der Waals surface area contributed by atoms with Crippen LogP contribution in [0.4, 0.5) is 13.2 Å². The van der Waals surface area contributed by atoms with Gasteiger partial charge in [-0.1, -0.05) is 37.5 Å². The Morgan fingerprint density at radius 3 is 2.24 bits per heavy atom. The normalized spacial score (nSPS) is 15.8. The Labute approximate surface area is 168 Å². The highest BCUT2D eigenvalue weighted by Gasteiger charge is 2.39. The van der Waals surface area contributed by atoms with Gasteiger partial charge in [-0.05, 0) is 62.9 Å². The second-order valence-electron chi connectivity index (χ2n) is 7.95. The molecule has 0 saturated heterocycles. The Morgan fingerprint density at radius 2 is 1.62 bits per heavy atom. The first-order valence-corrected chi connectivity index (χ1v) is 9.84. The molecule has 6 heteroatoms. The van der Waals surface area contributed by atoms with Gasteiger partial charge in [0.15, 0.2) is 0 Å². The standard InChI is InChI=1S/C23H25F3O3/c1-22(2,17-9-5-3-6-10-17)29-20-15-16(13-14-19(20)23(24,25)26)21(27)28-18-11-7-4-8-12-18/h4,7-8,11-15,17H,3,5-6,9-10H2,1-2H3. The second kappa shape index (κ2) is 8.47. The van der Waals surface area contributed by atoms with E-state index in [0.717, 1.165) is 50.3 Å². The summed E-state index contributed by atoms with van der Waals surface area (Å²) >= 11 is 0. The summed E-state index contributed by atoms with van der Waals surface area (Å²) in [7, 11) is 0. The smallest absolute Gasteiger partial charge is 0.419 e. The third-order valence-corrected chi connectivity index (χ3v) is 5.44. The van der Waals surface area contributed by atoms with Gasteiger partial charge in [0.1, 0.15) is 17.1 Å². The molecule has 1 saturated carbocycles. The quantitative estimate of drug-likeness (QED) is 0.411. The van der Waals surface area contributed by atoms with Crippen molar-refractivity contribution in [3.05, 3.63) is 59.7 Å². The zero-order valence-electron chi connectivity index (χ0n) is 16.6. The van der Waals surface area contributed by atoms with Crippen LogP contribution < -0.4 is 9.47 Å². The summed E-state index contributed by atoms with van der Waals surface area (Å²) in [5.41, 5.74) is -1.66. The van der Waals surface area contributed by atoms with Crippen molar-refractivity contribution < 1.29 is 27.4 Å². The molecule has 2 aromatic carbocycles. The third kappa shape index (κ3) is 5.31. The summed E-state index contributed by atoms with van der Waals surface area (Å²) < 4.78 is 51.8. The van der Waals surface area contributed by atoms with Crippen molar-refractivity contribution in [1.82, 2.24) is 0 Å². The molecule has 0 spiro atoms. The van der Waals surface area contributed by atoms with Crippen molar-refractivity contribution in [2.75, 3.05) is 0 Å². The lowest BCUT2D eigenvalue weighted by molar-refractivity contribution is -0.140. The fourth-order valence-electron chi connectivity index (χ4n) is 3.79. The Balaban J connectivity index is 1.88. The summed E-state index contributed by atoms with van der Waals surface area (Å²) in [6.45, 7) is 3.64. The molecule has 2 aromatic rings. The molecule has 1 fully saturated rings. The van der Waals surface area contributed by atoms with Gasteiger partial charge in [0.05, 0.1) is 11.1 Å². The molecule has 0 radical (unpaired) electrons. The number of benzene rings is 2. The van der Waals surface area contributed by atoms with Gasteiger partial charge in [-0.3, -0.25) is 0 Å². The van der Waals surface area contributed by atoms with E-state index in [4.69, 9.17) is 9.47 Å². The maximum Gasteiger partial charge on any atom is 0.419 e. The fourth-order valence-corrected chi connectivity index (χ4v) is 3.79. The number of carbonyl (C=O) groups is 1. The molecule has 0 amide bonds. The number of halogens is 3. The van der Waals surface area contributed by atoms with Crippen molar-refractivity contribution in [3.63, 3.8) is 0 Å². The highest BCUT2D eigenvalue weighted by atomic mass is 19.4. The number of hydrogen-bond acceptors (Lipinski definition) is 3. The minimum Gasteiger partial charge on any atom is -0.487 e. The number of para-hydroxylation sites is 1. The van der Waals surface area contributed by atoms with E-state index < -0.39 is 23.3 Å². The molecule has 0 atom stereocenters.